The molecular weight excluding hydrogens is 212 g/mol. The maximum Gasteiger partial charge on any atom is 0.309 e. The lowest BCUT2D eigenvalue weighted by Gasteiger charge is -2.16. The topological polar surface area (TPSA) is 43.4 Å². The van der Waals surface area contributed by atoms with Gasteiger partial charge in [0.1, 0.15) is 5.75 Å². The molecule has 13 heavy (non-hydrogen) atoms. The van der Waals surface area contributed by atoms with E-state index in [0.29, 0.717) is 17.2 Å². The van der Waals surface area contributed by atoms with Crippen LogP contribution in [-0.4, -0.2) is 14.2 Å². The highest BCUT2D eigenvalue weighted by atomic mass is 35.5. The van der Waals surface area contributed by atoms with Crippen molar-refractivity contribution in [1.29, 1.82) is 0 Å². The van der Waals surface area contributed by atoms with Gasteiger partial charge in [-0.05, 0) is 30.2 Å². The summed E-state index contributed by atoms with van der Waals surface area (Å²) >= 11 is 5.74. The molecule has 70 valence electrons. The van der Waals surface area contributed by atoms with Gasteiger partial charge in [0.05, 0.1) is 5.75 Å². The van der Waals surface area contributed by atoms with Gasteiger partial charge in [0.2, 0.25) is 0 Å². The van der Waals surface area contributed by atoms with Crippen molar-refractivity contribution in [3.8, 4) is 5.75 Å². The standard InChI is InChI=1S/C8H7ClO3S/c9-7-1-2-8-6(5-7)3-4-13(10,11)12-8/h1-2,5H,3-4H2. The molecule has 1 aromatic rings. The van der Waals surface area contributed by atoms with Gasteiger partial charge in [-0.1, -0.05) is 11.6 Å². The molecule has 0 bridgehead atoms. The van der Waals surface area contributed by atoms with Crippen molar-refractivity contribution in [1.82, 2.24) is 0 Å². The molecule has 1 aromatic carbocycles. The van der Waals surface area contributed by atoms with Crippen molar-refractivity contribution >= 4 is 21.7 Å². The fourth-order valence-electron chi connectivity index (χ4n) is 1.24. The second-order valence-corrected chi connectivity index (χ2v) is 4.97. The molecule has 0 aliphatic carbocycles. The Bertz CT molecular complexity index is 439. The van der Waals surface area contributed by atoms with E-state index in [1.54, 1.807) is 18.2 Å². The first-order valence-electron chi connectivity index (χ1n) is 3.77. The summed E-state index contributed by atoms with van der Waals surface area (Å²) in [5, 5.41) is 0.599. The molecule has 0 saturated heterocycles. The minimum absolute atomic E-state index is 0.0281. The summed E-state index contributed by atoms with van der Waals surface area (Å²) in [7, 11) is -3.35. The minimum Gasteiger partial charge on any atom is -0.382 e. The Morgan fingerprint density at radius 2 is 2.15 bits per heavy atom. The molecule has 0 fully saturated rings. The van der Waals surface area contributed by atoms with E-state index >= 15 is 0 Å². The first kappa shape index (κ1) is 8.84. The van der Waals surface area contributed by atoms with Crippen LogP contribution >= 0.6 is 11.6 Å². The van der Waals surface area contributed by atoms with Crippen LogP contribution in [0.1, 0.15) is 5.56 Å². The number of rotatable bonds is 0. The van der Waals surface area contributed by atoms with Gasteiger partial charge >= 0.3 is 10.1 Å². The third-order valence-corrected chi connectivity index (χ3v) is 3.23. The molecule has 0 aromatic heterocycles. The summed E-state index contributed by atoms with van der Waals surface area (Å²) in [4.78, 5) is 0. The van der Waals surface area contributed by atoms with Crippen LogP contribution in [0.3, 0.4) is 0 Å². The summed E-state index contributed by atoms with van der Waals surface area (Å²) in [6.45, 7) is 0. The maximum absolute atomic E-state index is 11.0. The summed E-state index contributed by atoms with van der Waals surface area (Å²) < 4.78 is 26.9. The number of fused-ring (bicyclic) bond motifs is 1. The zero-order valence-electron chi connectivity index (χ0n) is 6.66. The van der Waals surface area contributed by atoms with E-state index in [1.165, 1.54) is 0 Å². The first-order valence-corrected chi connectivity index (χ1v) is 5.73. The molecular formula is C8H7ClO3S. The van der Waals surface area contributed by atoms with Gasteiger partial charge in [0.15, 0.2) is 0 Å². The second kappa shape index (κ2) is 2.89. The highest BCUT2D eigenvalue weighted by Gasteiger charge is 2.22. The SMILES string of the molecule is O=S1(=O)CCc2cc(Cl)ccc2O1. The van der Waals surface area contributed by atoms with Crippen LogP contribution in [-0.2, 0) is 16.5 Å². The van der Waals surface area contributed by atoms with E-state index < -0.39 is 10.1 Å². The Morgan fingerprint density at radius 1 is 1.38 bits per heavy atom. The fourth-order valence-corrected chi connectivity index (χ4v) is 2.42. The molecule has 5 heteroatoms. The van der Waals surface area contributed by atoms with Crippen LogP contribution in [0.5, 0.6) is 5.75 Å². The second-order valence-electron chi connectivity index (χ2n) is 2.85. The largest absolute Gasteiger partial charge is 0.382 e. The monoisotopic (exact) mass is 218 g/mol. The molecule has 1 heterocycles. The van der Waals surface area contributed by atoms with Crippen molar-refractivity contribution in [2.24, 2.45) is 0 Å². The van der Waals surface area contributed by atoms with E-state index in [-0.39, 0.29) is 5.75 Å². The van der Waals surface area contributed by atoms with Gasteiger partial charge < -0.3 is 4.18 Å². The van der Waals surface area contributed by atoms with Gasteiger partial charge in [-0.2, -0.15) is 8.42 Å². The molecule has 0 spiro atoms. The smallest absolute Gasteiger partial charge is 0.309 e. The summed E-state index contributed by atoms with van der Waals surface area (Å²) in [6.07, 6.45) is 0.470. The normalized spacial score (nSPS) is 18.8. The number of aryl methyl sites for hydroxylation is 1. The van der Waals surface area contributed by atoms with Gasteiger partial charge in [0, 0.05) is 5.02 Å². The maximum atomic E-state index is 11.0. The average Bonchev–Trinajstić information content (AvgIpc) is 2.05. The van der Waals surface area contributed by atoms with Crippen molar-refractivity contribution in [2.75, 3.05) is 5.75 Å². The Kier molecular flexibility index (Phi) is 1.96. The van der Waals surface area contributed by atoms with Crippen molar-refractivity contribution in [3.05, 3.63) is 28.8 Å². The van der Waals surface area contributed by atoms with E-state index in [0.717, 1.165) is 5.56 Å². The van der Waals surface area contributed by atoms with Gasteiger partial charge in [-0.3, -0.25) is 0 Å². The Hall–Kier alpha value is -0.740. The molecule has 3 nitrogen and oxygen atoms in total. The lowest BCUT2D eigenvalue weighted by atomic mass is 10.1. The van der Waals surface area contributed by atoms with Crippen molar-refractivity contribution in [3.63, 3.8) is 0 Å². The van der Waals surface area contributed by atoms with Crippen LogP contribution < -0.4 is 4.18 Å². The fraction of sp³-hybridized carbons (Fsp3) is 0.250. The predicted octanol–water partition coefficient (Wildman–Crippen LogP) is 1.60. The summed E-state index contributed by atoms with van der Waals surface area (Å²) in [6, 6.07) is 4.92. The number of hydrogen-bond acceptors (Lipinski definition) is 3. The third-order valence-electron chi connectivity index (χ3n) is 1.86. The van der Waals surface area contributed by atoms with Gasteiger partial charge in [0.25, 0.3) is 0 Å². The Morgan fingerprint density at radius 3 is 2.92 bits per heavy atom. The van der Waals surface area contributed by atoms with Crippen molar-refractivity contribution in [2.45, 2.75) is 6.42 Å². The molecule has 0 radical (unpaired) electrons. The van der Waals surface area contributed by atoms with Gasteiger partial charge in [-0.15, -0.1) is 0 Å². The van der Waals surface area contributed by atoms with Crippen LogP contribution in [0.15, 0.2) is 18.2 Å². The first-order chi connectivity index (χ1) is 6.07. The summed E-state index contributed by atoms with van der Waals surface area (Å²) in [5.41, 5.74) is 0.849. The van der Waals surface area contributed by atoms with Crippen LogP contribution in [0.25, 0.3) is 0 Å². The van der Waals surface area contributed by atoms with Gasteiger partial charge in [-0.25, -0.2) is 0 Å². The number of hydrogen-bond donors (Lipinski definition) is 0. The van der Waals surface area contributed by atoms with Crippen LogP contribution in [0, 0.1) is 0 Å². The molecule has 1 aliphatic rings. The summed E-state index contributed by atoms with van der Waals surface area (Å²) in [5.74, 6) is 0.427. The van der Waals surface area contributed by atoms with Crippen molar-refractivity contribution < 1.29 is 12.6 Å². The zero-order valence-corrected chi connectivity index (χ0v) is 8.23. The third kappa shape index (κ3) is 1.78. The molecule has 0 amide bonds. The van der Waals surface area contributed by atoms with E-state index in [2.05, 4.69) is 0 Å². The molecule has 0 saturated carbocycles. The van der Waals surface area contributed by atoms with Crippen LogP contribution in [0.2, 0.25) is 5.02 Å². The lowest BCUT2D eigenvalue weighted by molar-refractivity contribution is 0.473. The Labute approximate surface area is 81.4 Å². The molecule has 0 atom stereocenters. The highest BCUT2D eigenvalue weighted by molar-refractivity contribution is 7.87. The Balaban J connectivity index is 2.48. The molecule has 2 rings (SSSR count). The van der Waals surface area contributed by atoms with Crippen LogP contribution in [0.4, 0.5) is 0 Å². The highest BCUT2D eigenvalue weighted by Crippen LogP contribution is 2.28. The van der Waals surface area contributed by atoms with E-state index in [1.807, 2.05) is 0 Å². The number of benzene rings is 1. The van der Waals surface area contributed by atoms with E-state index in [9.17, 15) is 8.42 Å². The molecule has 0 unspecified atom stereocenters. The predicted molar refractivity (Wildman–Crippen MR) is 49.6 cm³/mol. The lowest BCUT2D eigenvalue weighted by Crippen LogP contribution is -2.21. The molecule has 0 N–H and O–H groups in total. The molecule has 1 aliphatic heterocycles. The minimum atomic E-state index is -3.35. The van der Waals surface area contributed by atoms with E-state index in [4.69, 9.17) is 15.8 Å². The quantitative estimate of drug-likeness (QED) is 0.622. The zero-order chi connectivity index (χ0) is 9.47. The average molecular weight is 219 g/mol. The number of halogens is 1.